The van der Waals surface area contributed by atoms with Crippen LogP contribution < -0.4 is 11.1 Å². The molecular weight excluding hydrogens is 178 g/mol. The van der Waals surface area contributed by atoms with Gasteiger partial charge in [0, 0.05) is 25.7 Å². The Labute approximate surface area is 84.8 Å². The first kappa shape index (κ1) is 9.93. The van der Waals surface area contributed by atoms with Crippen LogP contribution in [-0.2, 0) is 4.79 Å². The van der Waals surface area contributed by atoms with Gasteiger partial charge in [0.2, 0.25) is 5.91 Å². The molecule has 0 aromatic carbocycles. The lowest BCUT2D eigenvalue weighted by Crippen LogP contribution is -2.38. The van der Waals surface area contributed by atoms with Gasteiger partial charge in [0.05, 0.1) is 6.54 Å². The SMILES string of the molecule is N[C@H]1CCN(CC(=O)NCC2CC2)C1. The summed E-state index contributed by atoms with van der Waals surface area (Å²) in [4.78, 5) is 13.6. The average Bonchev–Trinajstić information content (AvgIpc) is 2.88. The number of nitrogens with two attached hydrogens (primary N) is 1. The second-order valence-electron chi connectivity index (χ2n) is 4.53. The molecule has 1 saturated heterocycles. The minimum Gasteiger partial charge on any atom is -0.355 e. The molecule has 0 radical (unpaired) electrons. The molecule has 1 atom stereocenters. The number of likely N-dealkylation sites (tertiary alicyclic amines) is 1. The van der Waals surface area contributed by atoms with Crippen LogP contribution in [-0.4, -0.2) is 43.0 Å². The fourth-order valence-corrected chi connectivity index (χ4v) is 1.85. The highest BCUT2D eigenvalue weighted by molar-refractivity contribution is 5.78. The summed E-state index contributed by atoms with van der Waals surface area (Å²) in [6.45, 7) is 3.24. The molecule has 1 amide bonds. The van der Waals surface area contributed by atoms with E-state index in [2.05, 4.69) is 10.2 Å². The van der Waals surface area contributed by atoms with E-state index in [1.807, 2.05) is 0 Å². The molecule has 1 aliphatic heterocycles. The third-order valence-electron chi connectivity index (χ3n) is 2.96. The number of carbonyl (C=O) groups is 1. The first-order valence-electron chi connectivity index (χ1n) is 5.48. The molecule has 0 aromatic rings. The van der Waals surface area contributed by atoms with Gasteiger partial charge in [-0.25, -0.2) is 0 Å². The van der Waals surface area contributed by atoms with Gasteiger partial charge >= 0.3 is 0 Å². The Bertz CT molecular complexity index is 215. The fraction of sp³-hybridized carbons (Fsp3) is 0.900. The topological polar surface area (TPSA) is 58.4 Å². The molecule has 0 unspecified atom stereocenters. The van der Waals surface area contributed by atoms with E-state index in [-0.39, 0.29) is 11.9 Å². The highest BCUT2D eigenvalue weighted by atomic mass is 16.2. The summed E-state index contributed by atoms with van der Waals surface area (Å²) in [5.74, 6) is 0.922. The van der Waals surface area contributed by atoms with E-state index in [0.717, 1.165) is 32.0 Å². The number of hydrogen-bond donors (Lipinski definition) is 2. The smallest absolute Gasteiger partial charge is 0.234 e. The zero-order chi connectivity index (χ0) is 9.97. The summed E-state index contributed by atoms with van der Waals surface area (Å²) >= 11 is 0. The number of amides is 1. The van der Waals surface area contributed by atoms with Crippen molar-refractivity contribution in [1.29, 1.82) is 0 Å². The van der Waals surface area contributed by atoms with Crippen molar-refractivity contribution in [3.8, 4) is 0 Å². The van der Waals surface area contributed by atoms with Gasteiger partial charge in [-0.2, -0.15) is 0 Å². The predicted octanol–water partition coefficient (Wildman–Crippen LogP) is -0.454. The molecule has 1 saturated carbocycles. The van der Waals surface area contributed by atoms with Gasteiger partial charge in [0.15, 0.2) is 0 Å². The van der Waals surface area contributed by atoms with Crippen molar-refractivity contribution < 1.29 is 4.79 Å². The van der Waals surface area contributed by atoms with Crippen LogP contribution in [0.4, 0.5) is 0 Å². The van der Waals surface area contributed by atoms with E-state index in [0.29, 0.717) is 6.54 Å². The van der Waals surface area contributed by atoms with Crippen molar-refractivity contribution in [1.82, 2.24) is 10.2 Å². The van der Waals surface area contributed by atoms with Gasteiger partial charge in [-0.1, -0.05) is 0 Å². The number of nitrogens with one attached hydrogen (secondary N) is 1. The molecule has 4 nitrogen and oxygen atoms in total. The zero-order valence-corrected chi connectivity index (χ0v) is 8.54. The Kier molecular flexibility index (Phi) is 3.03. The Morgan fingerprint density at radius 2 is 2.21 bits per heavy atom. The van der Waals surface area contributed by atoms with Crippen molar-refractivity contribution in [3.05, 3.63) is 0 Å². The molecule has 2 aliphatic rings. The number of carbonyl (C=O) groups excluding carboxylic acids is 1. The standard InChI is InChI=1S/C10H19N3O/c11-9-3-4-13(6-9)7-10(14)12-5-8-1-2-8/h8-9H,1-7,11H2,(H,12,14)/t9-/m0/s1. The Morgan fingerprint density at radius 1 is 1.43 bits per heavy atom. The van der Waals surface area contributed by atoms with Crippen LogP contribution in [0.2, 0.25) is 0 Å². The Morgan fingerprint density at radius 3 is 2.79 bits per heavy atom. The lowest BCUT2D eigenvalue weighted by Gasteiger charge is -2.14. The van der Waals surface area contributed by atoms with Crippen LogP contribution in [0.5, 0.6) is 0 Å². The van der Waals surface area contributed by atoms with E-state index in [1.54, 1.807) is 0 Å². The van der Waals surface area contributed by atoms with E-state index in [4.69, 9.17) is 5.73 Å². The molecule has 3 N–H and O–H groups in total. The van der Waals surface area contributed by atoms with Crippen molar-refractivity contribution in [2.75, 3.05) is 26.2 Å². The first-order valence-corrected chi connectivity index (χ1v) is 5.48. The van der Waals surface area contributed by atoms with Crippen LogP contribution in [0, 0.1) is 5.92 Å². The van der Waals surface area contributed by atoms with E-state index < -0.39 is 0 Å². The summed E-state index contributed by atoms with van der Waals surface area (Å²) in [5, 5.41) is 2.96. The summed E-state index contributed by atoms with van der Waals surface area (Å²) in [5.41, 5.74) is 5.76. The van der Waals surface area contributed by atoms with Gasteiger partial charge in [-0.05, 0) is 25.2 Å². The monoisotopic (exact) mass is 197 g/mol. The molecular formula is C10H19N3O. The van der Waals surface area contributed by atoms with Gasteiger partial charge < -0.3 is 11.1 Å². The molecule has 0 spiro atoms. The van der Waals surface area contributed by atoms with Crippen molar-refractivity contribution >= 4 is 5.91 Å². The van der Waals surface area contributed by atoms with Gasteiger partial charge in [-0.15, -0.1) is 0 Å². The maximum absolute atomic E-state index is 11.4. The fourth-order valence-electron chi connectivity index (χ4n) is 1.85. The number of hydrogen-bond acceptors (Lipinski definition) is 3. The Balaban J connectivity index is 1.61. The quantitative estimate of drug-likeness (QED) is 0.641. The molecule has 2 fully saturated rings. The second-order valence-corrected chi connectivity index (χ2v) is 4.53. The van der Waals surface area contributed by atoms with Crippen LogP contribution in [0.25, 0.3) is 0 Å². The van der Waals surface area contributed by atoms with Crippen LogP contribution in [0.3, 0.4) is 0 Å². The highest BCUT2D eigenvalue weighted by Crippen LogP contribution is 2.27. The van der Waals surface area contributed by atoms with Gasteiger partial charge in [0.25, 0.3) is 0 Å². The van der Waals surface area contributed by atoms with E-state index in [1.165, 1.54) is 12.8 Å². The summed E-state index contributed by atoms with van der Waals surface area (Å²) in [7, 11) is 0. The summed E-state index contributed by atoms with van der Waals surface area (Å²) in [6.07, 6.45) is 3.60. The third kappa shape index (κ3) is 2.96. The molecule has 0 aromatic heterocycles. The maximum atomic E-state index is 11.4. The van der Waals surface area contributed by atoms with Crippen LogP contribution >= 0.6 is 0 Å². The van der Waals surface area contributed by atoms with Crippen molar-refractivity contribution in [2.45, 2.75) is 25.3 Å². The number of rotatable bonds is 4. The molecule has 1 heterocycles. The van der Waals surface area contributed by atoms with Crippen LogP contribution in [0.1, 0.15) is 19.3 Å². The lowest BCUT2D eigenvalue weighted by molar-refractivity contribution is -0.122. The highest BCUT2D eigenvalue weighted by Gasteiger charge is 2.23. The van der Waals surface area contributed by atoms with E-state index in [9.17, 15) is 4.79 Å². The number of nitrogens with zero attached hydrogens (tertiary/aromatic N) is 1. The van der Waals surface area contributed by atoms with Crippen molar-refractivity contribution in [3.63, 3.8) is 0 Å². The molecule has 0 bridgehead atoms. The minimum absolute atomic E-state index is 0.158. The Hall–Kier alpha value is -0.610. The van der Waals surface area contributed by atoms with Crippen LogP contribution in [0.15, 0.2) is 0 Å². The predicted molar refractivity (Wildman–Crippen MR) is 54.8 cm³/mol. The van der Waals surface area contributed by atoms with E-state index >= 15 is 0 Å². The minimum atomic E-state index is 0.158. The molecule has 14 heavy (non-hydrogen) atoms. The first-order chi connectivity index (χ1) is 6.74. The molecule has 1 aliphatic carbocycles. The summed E-state index contributed by atoms with van der Waals surface area (Å²) < 4.78 is 0. The molecule has 2 rings (SSSR count). The maximum Gasteiger partial charge on any atom is 0.234 e. The molecule has 4 heteroatoms. The van der Waals surface area contributed by atoms with Gasteiger partial charge in [0.1, 0.15) is 0 Å². The zero-order valence-electron chi connectivity index (χ0n) is 8.54. The average molecular weight is 197 g/mol. The third-order valence-corrected chi connectivity index (χ3v) is 2.96. The van der Waals surface area contributed by atoms with Gasteiger partial charge in [-0.3, -0.25) is 9.69 Å². The van der Waals surface area contributed by atoms with Crippen molar-refractivity contribution in [2.24, 2.45) is 11.7 Å². The normalized spacial score (nSPS) is 27.9. The lowest BCUT2D eigenvalue weighted by atomic mass is 10.3. The second kappa shape index (κ2) is 4.28. The molecule has 80 valence electrons. The summed E-state index contributed by atoms with van der Waals surface area (Å²) in [6, 6.07) is 0.270. The largest absolute Gasteiger partial charge is 0.355 e.